The molecule has 22 heavy (non-hydrogen) atoms. The summed E-state index contributed by atoms with van der Waals surface area (Å²) in [5.41, 5.74) is 0.435. The number of fused-ring (bicyclic) bond motifs is 1. The van der Waals surface area contributed by atoms with Crippen molar-refractivity contribution in [2.75, 3.05) is 11.9 Å². The number of aromatic nitrogens is 4. The number of anilines is 1. The largest absolute Gasteiger partial charge is 0.356 e. The van der Waals surface area contributed by atoms with Gasteiger partial charge in [-0.15, -0.1) is 0 Å². The molecule has 0 bridgehead atoms. The molecule has 0 amide bonds. The van der Waals surface area contributed by atoms with Gasteiger partial charge in [0.15, 0.2) is 11.2 Å². The molecule has 2 heterocycles. The highest BCUT2D eigenvalue weighted by Gasteiger charge is 2.20. The molecule has 0 aliphatic carbocycles. The Morgan fingerprint density at radius 2 is 1.68 bits per heavy atom. The first-order valence-corrected chi connectivity index (χ1v) is 7.93. The van der Waals surface area contributed by atoms with Gasteiger partial charge in [-0.1, -0.05) is 13.8 Å². The molecule has 0 saturated heterocycles. The Morgan fingerprint density at radius 3 is 2.18 bits per heavy atom. The van der Waals surface area contributed by atoms with E-state index in [-0.39, 0.29) is 17.2 Å². The Balaban J connectivity index is 2.93. The third-order valence-corrected chi connectivity index (χ3v) is 3.63. The normalized spacial score (nSPS) is 11.5. The Morgan fingerprint density at radius 1 is 1.05 bits per heavy atom. The minimum atomic E-state index is -0.280. The fourth-order valence-electron chi connectivity index (χ4n) is 2.70. The molecule has 0 aliphatic rings. The van der Waals surface area contributed by atoms with Crippen LogP contribution in [-0.2, 0) is 19.6 Å². The summed E-state index contributed by atoms with van der Waals surface area (Å²) in [7, 11) is 0. The zero-order valence-corrected chi connectivity index (χ0v) is 14.0. The molecule has 0 saturated carbocycles. The fourth-order valence-corrected chi connectivity index (χ4v) is 2.70. The van der Waals surface area contributed by atoms with Crippen LogP contribution in [0.5, 0.6) is 0 Å². The molecule has 0 spiro atoms. The molecule has 0 aromatic carbocycles. The Kier molecular flexibility index (Phi) is 4.73. The van der Waals surface area contributed by atoms with Crippen LogP contribution in [0, 0.1) is 5.92 Å². The van der Waals surface area contributed by atoms with Crippen molar-refractivity contribution in [3.63, 3.8) is 0 Å². The molecule has 0 unspecified atom stereocenters. The lowest BCUT2D eigenvalue weighted by atomic mass is 10.2. The van der Waals surface area contributed by atoms with E-state index in [4.69, 9.17) is 0 Å². The van der Waals surface area contributed by atoms with Crippen molar-refractivity contribution in [1.29, 1.82) is 0 Å². The van der Waals surface area contributed by atoms with Crippen LogP contribution in [0.1, 0.15) is 34.6 Å². The van der Waals surface area contributed by atoms with Gasteiger partial charge in [-0.25, -0.2) is 4.79 Å². The van der Waals surface area contributed by atoms with Crippen LogP contribution in [0.2, 0.25) is 0 Å². The van der Waals surface area contributed by atoms with Gasteiger partial charge in [0.2, 0.25) is 5.95 Å². The number of hydrogen-bond donors (Lipinski definition) is 1. The number of imidazole rings is 1. The van der Waals surface area contributed by atoms with Crippen molar-refractivity contribution < 1.29 is 0 Å². The van der Waals surface area contributed by atoms with E-state index in [1.807, 2.05) is 39.2 Å². The van der Waals surface area contributed by atoms with Crippen molar-refractivity contribution in [1.82, 2.24) is 18.7 Å². The summed E-state index contributed by atoms with van der Waals surface area (Å²) in [5.74, 6) is 0.931. The second-order valence-corrected chi connectivity index (χ2v) is 5.72. The van der Waals surface area contributed by atoms with Gasteiger partial charge in [0.25, 0.3) is 5.56 Å². The summed E-state index contributed by atoms with van der Waals surface area (Å²) >= 11 is 0. The summed E-state index contributed by atoms with van der Waals surface area (Å²) in [6.45, 7) is 12.1. The highest BCUT2D eigenvalue weighted by molar-refractivity contribution is 5.74. The van der Waals surface area contributed by atoms with Crippen LogP contribution in [0.3, 0.4) is 0 Å². The summed E-state index contributed by atoms with van der Waals surface area (Å²) in [6, 6.07) is 0. The van der Waals surface area contributed by atoms with Gasteiger partial charge in [-0.2, -0.15) is 4.98 Å². The van der Waals surface area contributed by atoms with Crippen molar-refractivity contribution in [2.45, 2.75) is 54.3 Å². The summed E-state index contributed by atoms with van der Waals surface area (Å²) < 4.78 is 4.76. The first-order valence-electron chi connectivity index (χ1n) is 7.93. The van der Waals surface area contributed by atoms with Crippen LogP contribution >= 0.6 is 0 Å². The smallest absolute Gasteiger partial charge is 0.332 e. The average Bonchev–Trinajstić information content (AvgIpc) is 2.82. The standard InChI is InChI=1S/C15H25N5O2/c1-6-16-14-17-12-11(18(14)7-2)13(21)19(8-3)15(22)20(12)9-10(4)5/h10H,6-9H2,1-5H3,(H,16,17). The van der Waals surface area contributed by atoms with Gasteiger partial charge in [0.1, 0.15) is 0 Å². The van der Waals surface area contributed by atoms with Crippen LogP contribution in [0.4, 0.5) is 5.95 Å². The zero-order chi connectivity index (χ0) is 16.4. The van der Waals surface area contributed by atoms with E-state index in [9.17, 15) is 9.59 Å². The Labute approximate surface area is 129 Å². The van der Waals surface area contributed by atoms with Crippen molar-refractivity contribution in [2.24, 2.45) is 5.92 Å². The molecule has 0 radical (unpaired) electrons. The summed E-state index contributed by atoms with van der Waals surface area (Å²) in [6.07, 6.45) is 0. The molecule has 0 fully saturated rings. The number of nitrogens with one attached hydrogen (secondary N) is 1. The van der Waals surface area contributed by atoms with Gasteiger partial charge < -0.3 is 9.88 Å². The van der Waals surface area contributed by atoms with Gasteiger partial charge in [0.05, 0.1) is 0 Å². The Hall–Kier alpha value is -2.05. The first-order chi connectivity index (χ1) is 10.5. The number of hydrogen-bond acceptors (Lipinski definition) is 4. The molecular formula is C15H25N5O2. The molecule has 7 heteroatoms. The van der Waals surface area contributed by atoms with Gasteiger partial charge in [0, 0.05) is 26.2 Å². The van der Waals surface area contributed by atoms with Crippen LogP contribution in [-0.4, -0.2) is 25.2 Å². The summed E-state index contributed by atoms with van der Waals surface area (Å²) in [5, 5.41) is 3.17. The van der Waals surface area contributed by atoms with Gasteiger partial charge in [-0.05, 0) is 26.7 Å². The molecular weight excluding hydrogens is 282 g/mol. The maximum absolute atomic E-state index is 12.7. The van der Waals surface area contributed by atoms with Crippen molar-refractivity contribution in [3.8, 4) is 0 Å². The topological polar surface area (TPSA) is 73.8 Å². The third-order valence-electron chi connectivity index (χ3n) is 3.63. The molecule has 7 nitrogen and oxygen atoms in total. The predicted molar refractivity (Wildman–Crippen MR) is 88.6 cm³/mol. The molecule has 1 N–H and O–H groups in total. The van der Waals surface area contributed by atoms with E-state index in [1.165, 1.54) is 4.57 Å². The third kappa shape index (κ3) is 2.55. The molecule has 2 rings (SSSR count). The minimum Gasteiger partial charge on any atom is -0.356 e. The maximum atomic E-state index is 12.7. The summed E-state index contributed by atoms with van der Waals surface area (Å²) in [4.78, 5) is 29.8. The number of nitrogens with zero attached hydrogens (tertiary/aromatic N) is 4. The molecule has 2 aromatic rings. The second-order valence-electron chi connectivity index (χ2n) is 5.72. The lowest BCUT2D eigenvalue weighted by molar-refractivity contribution is 0.491. The van der Waals surface area contributed by atoms with Crippen LogP contribution < -0.4 is 16.6 Å². The van der Waals surface area contributed by atoms with E-state index in [0.29, 0.717) is 43.3 Å². The zero-order valence-electron chi connectivity index (χ0n) is 14.0. The maximum Gasteiger partial charge on any atom is 0.332 e. The SMILES string of the molecule is CCNc1nc2c(c(=O)n(CC)c(=O)n2CC(C)C)n1CC. The monoisotopic (exact) mass is 307 g/mol. The fraction of sp³-hybridized carbons (Fsp3) is 0.667. The van der Waals surface area contributed by atoms with Crippen LogP contribution in [0.25, 0.3) is 11.2 Å². The van der Waals surface area contributed by atoms with E-state index >= 15 is 0 Å². The van der Waals surface area contributed by atoms with E-state index in [1.54, 1.807) is 4.57 Å². The number of rotatable bonds is 6. The van der Waals surface area contributed by atoms with Gasteiger partial charge >= 0.3 is 5.69 Å². The van der Waals surface area contributed by atoms with Crippen molar-refractivity contribution >= 4 is 17.1 Å². The van der Waals surface area contributed by atoms with Gasteiger partial charge in [-0.3, -0.25) is 13.9 Å². The first kappa shape index (κ1) is 16.3. The second kappa shape index (κ2) is 6.37. The number of aryl methyl sites for hydroxylation is 1. The quantitative estimate of drug-likeness (QED) is 0.877. The average molecular weight is 307 g/mol. The van der Waals surface area contributed by atoms with E-state index in [0.717, 1.165) is 0 Å². The molecule has 0 atom stereocenters. The minimum absolute atomic E-state index is 0.263. The van der Waals surface area contributed by atoms with Crippen molar-refractivity contribution in [3.05, 3.63) is 20.8 Å². The van der Waals surface area contributed by atoms with E-state index < -0.39 is 0 Å². The van der Waals surface area contributed by atoms with Crippen LogP contribution in [0.15, 0.2) is 9.59 Å². The Bertz CT molecular complexity index is 782. The lowest BCUT2D eigenvalue weighted by Gasteiger charge is -2.12. The highest BCUT2D eigenvalue weighted by atomic mass is 16.2. The molecule has 0 aliphatic heterocycles. The molecule has 122 valence electrons. The highest BCUT2D eigenvalue weighted by Crippen LogP contribution is 2.16. The van der Waals surface area contributed by atoms with E-state index in [2.05, 4.69) is 10.3 Å². The molecule has 2 aromatic heterocycles. The predicted octanol–water partition coefficient (Wildman–Crippen LogP) is 1.49. The lowest BCUT2D eigenvalue weighted by Crippen LogP contribution is -2.40.